The molecule has 0 spiro atoms. The average Bonchev–Trinajstić information content (AvgIpc) is 2.34. The fraction of sp³-hybridized carbons (Fsp3) is 0.214. The smallest absolute Gasteiger partial charge is 0.192 e. The van der Waals surface area contributed by atoms with Crippen molar-refractivity contribution >= 4 is 11.4 Å². The van der Waals surface area contributed by atoms with Crippen LogP contribution >= 0.6 is 0 Å². The standard InChI is InChI=1S/C14H16N2O.ClH/c1-3-16-8-4-5-13(10-16)15-12-7-6-11(2)14(17)9-12;/h4-10,15H,3H2,1-2H3;1H. The van der Waals surface area contributed by atoms with Gasteiger partial charge in [0.25, 0.3) is 0 Å². The molecule has 2 aromatic rings. The molecule has 18 heavy (non-hydrogen) atoms. The van der Waals surface area contributed by atoms with Crippen molar-refractivity contribution in [3.8, 4) is 5.75 Å². The van der Waals surface area contributed by atoms with Crippen LogP contribution in [0.1, 0.15) is 12.5 Å². The number of hydrogen-bond acceptors (Lipinski definition) is 2. The summed E-state index contributed by atoms with van der Waals surface area (Å²) in [5.74, 6) is 0.314. The molecule has 0 saturated heterocycles. The Bertz CT molecular complexity index is 529. The van der Waals surface area contributed by atoms with Gasteiger partial charge in [0.05, 0.1) is 0 Å². The fourth-order valence-electron chi connectivity index (χ4n) is 1.65. The first kappa shape index (κ1) is 14.3. The molecule has 0 saturated carbocycles. The van der Waals surface area contributed by atoms with Crippen molar-refractivity contribution in [2.45, 2.75) is 20.4 Å². The second-order valence-corrected chi connectivity index (χ2v) is 4.05. The van der Waals surface area contributed by atoms with E-state index in [0.29, 0.717) is 5.75 Å². The van der Waals surface area contributed by atoms with Gasteiger partial charge in [-0.25, -0.2) is 4.57 Å². The summed E-state index contributed by atoms with van der Waals surface area (Å²) in [5, 5.41) is 12.9. The number of nitrogens with zero attached hydrogens (tertiary/aromatic N) is 1. The SMILES string of the molecule is CC[n+]1cccc(Nc2ccc(C)c(O)c2)c1.[Cl-]. The molecular formula is C14H17ClN2O. The number of phenols is 1. The molecule has 0 aliphatic carbocycles. The predicted molar refractivity (Wildman–Crippen MR) is 68.4 cm³/mol. The van der Waals surface area contributed by atoms with Crippen LogP contribution in [0.3, 0.4) is 0 Å². The van der Waals surface area contributed by atoms with Gasteiger partial charge in [0.1, 0.15) is 18.0 Å². The van der Waals surface area contributed by atoms with Gasteiger partial charge in [0.2, 0.25) is 0 Å². The fourth-order valence-corrected chi connectivity index (χ4v) is 1.65. The van der Waals surface area contributed by atoms with Gasteiger partial charge in [-0.2, -0.15) is 0 Å². The summed E-state index contributed by atoms with van der Waals surface area (Å²) in [5.41, 5.74) is 2.78. The zero-order valence-corrected chi connectivity index (χ0v) is 11.3. The minimum Gasteiger partial charge on any atom is -1.00 e. The number of anilines is 2. The molecule has 96 valence electrons. The molecule has 1 aromatic carbocycles. The minimum absolute atomic E-state index is 0. The highest BCUT2D eigenvalue weighted by atomic mass is 35.5. The van der Waals surface area contributed by atoms with Crippen molar-refractivity contribution in [3.63, 3.8) is 0 Å². The van der Waals surface area contributed by atoms with Gasteiger partial charge in [-0.1, -0.05) is 6.07 Å². The van der Waals surface area contributed by atoms with Gasteiger partial charge in [0, 0.05) is 17.8 Å². The lowest BCUT2D eigenvalue weighted by Crippen LogP contribution is -3.00. The van der Waals surface area contributed by atoms with E-state index in [1.807, 2.05) is 43.6 Å². The van der Waals surface area contributed by atoms with E-state index in [1.165, 1.54) is 0 Å². The molecule has 0 atom stereocenters. The molecule has 0 aliphatic rings. The minimum atomic E-state index is 0. The molecule has 2 N–H and O–H groups in total. The second-order valence-electron chi connectivity index (χ2n) is 4.05. The first-order chi connectivity index (χ1) is 8.19. The Labute approximate surface area is 114 Å². The van der Waals surface area contributed by atoms with E-state index >= 15 is 0 Å². The number of phenolic OH excluding ortho intramolecular Hbond substituents is 1. The molecule has 0 fully saturated rings. The largest absolute Gasteiger partial charge is 1.00 e. The third-order valence-electron chi connectivity index (χ3n) is 2.72. The van der Waals surface area contributed by atoms with Gasteiger partial charge in [-0.15, -0.1) is 0 Å². The van der Waals surface area contributed by atoms with Gasteiger partial charge < -0.3 is 22.8 Å². The summed E-state index contributed by atoms with van der Waals surface area (Å²) >= 11 is 0. The Morgan fingerprint density at radius 1 is 1.22 bits per heavy atom. The number of aromatic hydroxyl groups is 1. The lowest BCUT2D eigenvalue weighted by molar-refractivity contribution is -0.692. The molecule has 4 heteroatoms. The highest BCUT2D eigenvalue weighted by molar-refractivity contribution is 5.60. The van der Waals surface area contributed by atoms with Crippen molar-refractivity contribution in [2.24, 2.45) is 0 Å². The first-order valence-corrected chi connectivity index (χ1v) is 5.75. The first-order valence-electron chi connectivity index (χ1n) is 5.75. The summed E-state index contributed by atoms with van der Waals surface area (Å²) in [6.07, 6.45) is 4.06. The van der Waals surface area contributed by atoms with Crippen molar-refractivity contribution in [1.82, 2.24) is 0 Å². The van der Waals surface area contributed by atoms with E-state index in [-0.39, 0.29) is 12.4 Å². The van der Waals surface area contributed by atoms with E-state index in [4.69, 9.17) is 0 Å². The molecule has 0 radical (unpaired) electrons. The van der Waals surface area contributed by atoms with Crippen LogP contribution in [0.4, 0.5) is 11.4 Å². The number of benzene rings is 1. The summed E-state index contributed by atoms with van der Waals surface area (Å²) in [7, 11) is 0. The lowest BCUT2D eigenvalue weighted by Gasteiger charge is -2.06. The Morgan fingerprint density at radius 2 is 2.00 bits per heavy atom. The zero-order valence-electron chi connectivity index (χ0n) is 10.5. The number of nitrogens with one attached hydrogen (secondary N) is 1. The Balaban J connectivity index is 0.00000162. The number of hydrogen-bond donors (Lipinski definition) is 2. The van der Waals surface area contributed by atoms with E-state index in [0.717, 1.165) is 23.5 Å². The maximum atomic E-state index is 9.63. The van der Waals surface area contributed by atoms with Gasteiger partial charge >= 0.3 is 0 Å². The van der Waals surface area contributed by atoms with Crippen LogP contribution in [0, 0.1) is 6.92 Å². The topological polar surface area (TPSA) is 36.1 Å². The number of pyridine rings is 1. The van der Waals surface area contributed by atoms with Crippen molar-refractivity contribution < 1.29 is 22.1 Å². The summed E-state index contributed by atoms with van der Waals surface area (Å²) in [4.78, 5) is 0. The Morgan fingerprint density at radius 3 is 2.67 bits per heavy atom. The predicted octanol–water partition coefficient (Wildman–Crippen LogP) is -0.244. The highest BCUT2D eigenvalue weighted by Gasteiger charge is 2.02. The third-order valence-corrected chi connectivity index (χ3v) is 2.72. The van der Waals surface area contributed by atoms with Crippen LogP contribution in [-0.4, -0.2) is 5.11 Å². The van der Waals surface area contributed by atoms with Gasteiger partial charge in [-0.3, -0.25) is 0 Å². The van der Waals surface area contributed by atoms with Crippen LogP contribution in [0.2, 0.25) is 0 Å². The Hall–Kier alpha value is -1.74. The molecule has 0 aliphatic heterocycles. The molecule has 0 bridgehead atoms. The van der Waals surface area contributed by atoms with Crippen LogP contribution in [0.15, 0.2) is 42.7 Å². The lowest BCUT2D eigenvalue weighted by atomic mass is 10.2. The van der Waals surface area contributed by atoms with E-state index < -0.39 is 0 Å². The highest BCUT2D eigenvalue weighted by Crippen LogP contribution is 2.23. The second kappa shape index (κ2) is 6.26. The number of halogens is 1. The van der Waals surface area contributed by atoms with Crippen LogP contribution in [0.25, 0.3) is 0 Å². The third kappa shape index (κ3) is 3.37. The molecule has 1 heterocycles. The number of aryl methyl sites for hydroxylation is 2. The van der Waals surface area contributed by atoms with Crippen LogP contribution < -0.4 is 22.3 Å². The van der Waals surface area contributed by atoms with Gasteiger partial charge in [-0.05, 0) is 31.5 Å². The molecule has 0 amide bonds. The summed E-state index contributed by atoms with van der Waals surface area (Å²) < 4.78 is 2.09. The quantitative estimate of drug-likeness (QED) is 0.751. The molecule has 0 unspecified atom stereocenters. The van der Waals surface area contributed by atoms with E-state index in [1.54, 1.807) is 6.07 Å². The number of aromatic nitrogens is 1. The van der Waals surface area contributed by atoms with Crippen molar-refractivity contribution in [2.75, 3.05) is 5.32 Å². The van der Waals surface area contributed by atoms with Crippen LogP contribution in [0.5, 0.6) is 5.75 Å². The van der Waals surface area contributed by atoms with Crippen molar-refractivity contribution in [1.29, 1.82) is 0 Å². The summed E-state index contributed by atoms with van der Waals surface area (Å²) in [6.45, 7) is 4.92. The zero-order chi connectivity index (χ0) is 12.3. The van der Waals surface area contributed by atoms with Gasteiger partial charge in [0.15, 0.2) is 12.4 Å². The Kier molecular flexibility index (Phi) is 4.98. The molecule has 3 nitrogen and oxygen atoms in total. The number of rotatable bonds is 3. The van der Waals surface area contributed by atoms with Crippen molar-refractivity contribution in [3.05, 3.63) is 48.3 Å². The maximum absolute atomic E-state index is 9.63. The summed E-state index contributed by atoms with van der Waals surface area (Å²) in [6, 6.07) is 9.59. The van der Waals surface area contributed by atoms with Crippen LogP contribution in [-0.2, 0) is 6.54 Å². The molecule has 1 aromatic heterocycles. The normalized spacial score (nSPS) is 9.67. The molecule has 2 rings (SSSR count). The monoisotopic (exact) mass is 264 g/mol. The maximum Gasteiger partial charge on any atom is 0.192 e. The average molecular weight is 265 g/mol. The van der Waals surface area contributed by atoms with E-state index in [9.17, 15) is 5.11 Å². The van der Waals surface area contributed by atoms with E-state index in [2.05, 4.69) is 16.8 Å². The molecular weight excluding hydrogens is 248 g/mol.